The minimum atomic E-state index is 0.497. The standard InChI is InChI=1S/C11H13N/c1-11-6-8(11)7-12-10-5-3-2-4-9(10)11/h2-5,7,9-10,12H,6H2,1H3. The van der Waals surface area contributed by atoms with Gasteiger partial charge in [-0.3, -0.25) is 0 Å². The Hall–Kier alpha value is -0.980. The molecule has 3 unspecified atom stereocenters. The van der Waals surface area contributed by atoms with Crippen molar-refractivity contribution < 1.29 is 0 Å². The van der Waals surface area contributed by atoms with E-state index in [-0.39, 0.29) is 0 Å². The first-order valence-electron chi connectivity index (χ1n) is 4.61. The first-order valence-corrected chi connectivity index (χ1v) is 4.61. The quantitative estimate of drug-likeness (QED) is 0.570. The Kier molecular flexibility index (Phi) is 1.00. The summed E-state index contributed by atoms with van der Waals surface area (Å²) >= 11 is 0. The van der Waals surface area contributed by atoms with Crippen LogP contribution in [0.3, 0.4) is 0 Å². The molecule has 0 saturated heterocycles. The number of allylic oxidation sites excluding steroid dienone is 3. The molecule has 3 aliphatic rings. The third kappa shape index (κ3) is 0.644. The van der Waals surface area contributed by atoms with Gasteiger partial charge in [0.25, 0.3) is 0 Å². The van der Waals surface area contributed by atoms with Crippen LogP contribution in [0.4, 0.5) is 0 Å². The second-order valence-corrected chi connectivity index (χ2v) is 4.25. The van der Waals surface area contributed by atoms with E-state index in [1.807, 2.05) is 0 Å². The van der Waals surface area contributed by atoms with E-state index in [1.54, 1.807) is 5.57 Å². The van der Waals surface area contributed by atoms with Crippen molar-refractivity contribution in [3.05, 3.63) is 36.1 Å². The summed E-state index contributed by atoms with van der Waals surface area (Å²) < 4.78 is 0. The molecule has 0 spiro atoms. The molecule has 12 heavy (non-hydrogen) atoms. The molecule has 62 valence electrons. The van der Waals surface area contributed by atoms with Crippen LogP contribution in [0.25, 0.3) is 0 Å². The van der Waals surface area contributed by atoms with Gasteiger partial charge in [-0.05, 0) is 18.2 Å². The summed E-state index contributed by atoms with van der Waals surface area (Å²) in [5, 5.41) is 3.44. The second kappa shape index (κ2) is 1.85. The van der Waals surface area contributed by atoms with Crippen molar-refractivity contribution in [2.75, 3.05) is 0 Å². The monoisotopic (exact) mass is 159 g/mol. The molecule has 3 rings (SSSR count). The smallest absolute Gasteiger partial charge is 0.0513 e. The molecule has 0 aromatic rings. The Labute approximate surface area is 72.9 Å². The van der Waals surface area contributed by atoms with Crippen LogP contribution < -0.4 is 5.32 Å². The molecule has 2 aliphatic carbocycles. The van der Waals surface area contributed by atoms with Crippen molar-refractivity contribution in [2.24, 2.45) is 11.3 Å². The molecule has 0 amide bonds. The number of rotatable bonds is 0. The highest BCUT2D eigenvalue weighted by molar-refractivity contribution is 5.41. The van der Waals surface area contributed by atoms with Crippen LogP contribution in [-0.2, 0) is 0 Å². The summed E-state index contributed by atoms with van der Waals surface area (Å²) in [6.07, 6.45) is 12.4. The molecule has 0 aromatic carbocycles. The average molecular weight is 159 g/mol. The van der Waals surface area contributed by atoms with Crippen LogP contribution >= 0.6 is 0 Å². The van der Waals surface area contributed by atoms with Crippen LogP contribution in [0, 0.1) is 11.3 Å². The largest absolute Gasteiger partial charge is 0.384 e. The zero-order chi connectivity index (χ0) is 8.18. The van der Waals surface area contributed by atoms with Crippen molar-refractivity contribution in [1.82, 2.24) is 5.32 Å². The SMILES string of the molecule is CC12CC1=CNC1C=CC=CC12. The predicted molar refractivity (Wildman–Crippen MR) is 49.5 cm³/mol. The third-order valence-corrected chi connectivity index (χ3v) is 3.49. The summed E-state index contributed by atoms with van der Waals surface area (Å²) in [6, 6.07) is 0.547. The maximum Gasteiger partial charge on any atom is 0.0513 e. The van der Waals surface area contributed by atoms with Crippen LogP contribution in [0.15, 0.2) is 36.1 Å². The van der Waals surface area contributed by atoms with Crippen LogP contribution in [0.5, 0.6) is 0 Å². The average Bonchev–Trinajstić information content (AvgIpc) is 2.78. The van der Waals surface area contributed by atoms with Gasteiger partial charge >= 0.3 is 0 Å². The number of nitrogens with one attached hydrogen (secondary N) is 1. The lowest BCUT2D eigenvalue weighted by molar-refractivity contribution is 0.352. The fourth-order valence-electron chi connectivity index (χ4n) is 2.47. The lowest BCUT2D eigenvalue weighted by Crippen LogP contribution is -2.38. The van der Waals surface area contributed by atoms with Crippen LogP contribution in [0.2, 0.25) is 0 Å². The second-order valence-electron chi connectivity index (χ2n) is 4.25. The van der Waals surface area contributed by atoms with E-state index in [0.717, 1.165) is 0 Å². The Morgan fingerprint density at radius 2 is 2.25 bits per heavy atom. The summed E-state index contributed by atoms with van der Waals surface area (Å²) in [5.74, 6) is 0.697. The first kappa shape index (κ1) is 6.53. The van der Waals surface area contributed by atoms with Crippen LogP contribution in [0.1, 0.15) is 13.3 Å². The van der Waals surface area contributed by atoms with Crippen molar-refractivity contribution in [2.45, 2.75) is 19.4 Å². The number of hydrogen-bond acceptors (Lipinski definition) is 1. The lowest BCUT2D eigenvalue weighted by atomic mass is 9.80. The summed E-state index contributed by atoms with van der Waals surface area (Å²) in [7, 11) is 0. The molecule has 1 heterocycles. The molecule has 1 aliphatic heterocycles. The van der Waals surface area contributed by atoms with E-state index in [4.69, 9.17) is 0 Å². The molecule has 1 nitrogen and oxygen atoms in total. The van der Waals surface area contributed by atoms with E-state index < -0.39 is 0 Å². The zero-order valence-corrected chi connectivity index (χ0v) is 7.25. The normalized spacial score (nSPS) is 47.2. The Morgan fingerprint density at radius 1 is 1.42 bits per heavy atom. The molecule has 0 radical (unpaired) electrons. The van der Waals surface area contributed by atoms with Gasteiger partial charge in [0.1, 0.15) is 0 Å². The third-order valence-electron chi connectivity index (χ3n) is 3.49. The van der Waals surface area contributed by atoms with Gasteiger partial charge in [-0.1, -0.05) is 31.2 Å². The van der Waals surface area contributed by atoms with Gasteiger partial charge in [0, 0.05) is 11.3 Å². The molecule has 3 atom stereocenters. The van der Waals surface area contributed by atoms with Gasteiger partial charge < -0.3 is 5.32 Å². The van der Waals surface area contributed by atoms with Gasteiger partial charge in [-0.25, -0.2) is 0 Å². The first-order chi connectivity index (χ1) is 5.81. The molecule has 1 fully saturated rings. The molecule has 1 N–H and O–H groups in total. The van der Waals surface area contributed by atoms with E-state index in [9.17, 15) is 0 Å². The van der Waals surface area contributed by atoms with Crippen molar-refractivity contribution in [3.8, 4) is 0 Å². The summed E-state index contributed by atoms with van der Waals surface area (Å²) in [6.45, 7) is 2.38. The Morgan fingerprint density at radius 3 is 3.17 bits per heavy atom. The Bertz CT molecular complexity index is 311. The molecule has 0 aromatic heterocycles. The van der Waals surface area contributed by atoms with E-state index in [1.165, 1.54) is 6.42 Å². The highest BCUT2D eigenvalue weighted by Gasteiger charge is 2.53. The maximum atomic E-state index is 3.44. The van der Waals surface area contributed by atoms with Crippen molar-refractivity contribution in [3.63, 3.8) is 0 Å². The van der Waals surface area contributed by atoms with Crippen molar-refractivity contribution in [1.29, 1.82) is 0 Å². The Balaban J connectivity index is 2.03. The summed E-state index contributed by atoms with van der Waals surface area (Å²) in [4.78, 5) is 0. The van der Waals surface area contributed by atoms with E-state index in [2.05, 4.69) is 42.7 Å². The topological polar surface area (TPSA) is 12.0 Å². The molecule has 0 bridgehead atoms. The summed E-state index contributed by atoms with van der Waals surface area (Å²) in [5.41, 5.74) is 2.10. The van der Waals surface area contributed by atoms with Crippen molar-refractivity contribution >= 4 is 0 Å². The minimum Gasteiger partial charge on any atom is -0.384 e. The minimum absolute atomic E-state index is 0.497. The van der Waals surface area contributed by atoms with Gasteiger partial charge in [-0.2, -0.15) is 0 Å². The fourth-order valence-corrected chi connectivity index (χ4v) is 2.47. The maximum absolute atomic E-state index is 3.44. The van der Waals surface area contributed by atoms with Gasteiger partial charge in [0.15, 0.2) is 0 Å². The van der Waals surface area contributed by atoms with E-state index in [0.29, 0.717) is 17.4 Å². The highest BCUT2D eigenvalue weighted by atomic mass is 14.9. The number of hydrogen-bond donors (Lipinski definition) is 1. The van der Waals surface area contributed by atoms with Gasteiger partial charge in [-0.15, -0.1) is 0 Å². The van der Waals surface area contributed by atoms with Crippen LogP contribution in [-0.4, -0.2) is 6.04 Å². The molecular weight excluding hydrogens is 146 g/mol. The molecule has 1 saturated carbocycles. The molecular formula is C11H13N. The number of fused-ring (bicyclic) bond motifs is 3. The van der Waals surface area contributed by atoms with Gasteiger partial charge in [0.05, 0.1) is 6.04 Å². The zero-order valence-electron chi connectivity index (χ0n) is 7.25. The van der Waals surface area contributed by atoms with Gasteiger partial charge in [0.2, 0.25) is 0 Å². The lowest BCUT2D eigenvalue weighted by Gasteiger charge is -2.32. The van der Waals surface area contributed by atoms with E-state index >= 15 is 0 Å². The molecule has 1 heteroatoms. The highest BCUT2D eigenvalue weighted by Crippen LogP contribution is 2.60. The fraction of sp³-hybridized carbons (Fsp3) is 0.455. The predicted octanol–water partition coefficient (Wildman–Crippen LogP) is 1.99.